The van der Waals surface area contributed by atoms with Crippen LogP contribution in [0.2, 0.25) is 0 Å². The van der Waals surface area contributed by atoms with Gasteiger partial charge in [-0.3, -0.25) is 4.79 Å². The summed E-state index contributed by atoms with van der Waals surface area (Å²) in [5.41, 5.74) is 2.19. The fraction of sp³-hybridized carbons (Fsp3) is 0.417. The molecule has 6 nitrogen and oxygen atoms in total. The number of carbonyl (C=O) groups is 2. The molecule has 2 aromatic carbocycles. The van der Waals surface area contributed by atoms with E-state index >= 15 is 0 Å². The Morgan fingerprint density at radius 3 is 2.77 bits per heavy atom. The number of benzene rings is 2. The van der Waals surface area contributed by atoms with E-state index in [9.17, 15) is 9.59 Å². The van der Waals surface area contributed by atoms with Crippen molar-refractivity contribution in [3.8, 4) is 5.75 Å². The van der Waals surface area contributed by atoms with Gasteiger partial charge in [-0.2, -0.15) is 0 Å². The highest BCUT2D eigenvalue weighted by molar-refractivity contribution is 5.80. The molecule has 6 heteroatoms. The number of rotatable bonds is 6. The molecule has 1 spiro atoms. The van der Waals surface area contributed by atoms with Crippen molar-refractivity contribution in [3.05, 3.63) is 65.7 Å². The van der Waals surface area contributed by atoms with Crippen LogP contribution >= 0.6 is 0 Å². The molecular weight excluding hydrogens is 378 g/mol. The molecule has 2 aromatic rings. The molecule has 0 bridgehead atoms. The summed E-state index contributed by atoms with van der Waals surface area (Å²) in [5.74, 6) is 0.936. The van der Waals surface area contributed by atoms with Gasteiger partial charge >= 0.3 is 6.03 Å². The van der Waals surface area contributed by atoms with Gasteiger partial charge in [0.15, 0.2) is 0 Å². The minimum Gasteiger partial charge on any atom is -0.489 e. The molecule has 0 radical (unpaired) electrons. The third-order valence-corrected chi connectivity index (χ3v) is 5.98. The van der Waals surface area contributed by atoms with Crippen molar-refractivity contribution in [2.75, 3.05) is 26.2 Å². The highest BCUT2D eigenvalue weighted by atomic mass is 16.5. The van der Waals surface area contributed by atoms with Crippen LogP contribution in [0.3, 0.4) is 0 Å². The highest BCUT2D eigenvalue weighted by Gasteiger charge is 2.42. The highest BCUT2D eigenvalue weighted by Crippen LogP contribution is 2.35. The molecule has 2 aliphatic heterocycles. The summed E-state index contributed by atoms with van der Waals surface area (Å²) in [6, 6.07) is 18.1. The summed E-state index contributed by atoms with van der Waals surface area (Å²) in [7, 11) is 0. The number of carbonyl (C=O) groups excluding carboxylic acids is 2. The summed E-state index contributed by atoms with van der Waals surface area (Å²) in [6.45, 7) is 3.20. The van der Waals surface area contributed by atoms with Crippen molar-refractivity contribution in [1.82, 2.24) is 15.5 Å². The number of likely N-dealkylation sites (tertiary alicyclic amines) is 1. The van der Waals surface area contributed by atoms with Gasteiger partial charge in [0.05, 0.1) is 0 Å². The minimum absolute atomic E-state index is 0.0371. The number of hydrogen-bond acceptors (Lipinski definition) is 3. The van der Waals surface area contributed by atoms with E-state index in [0.29, 0.717) is 32.7 Å². The fourth-order valence-electron chi connectivity index (χ4n) is 4.38. The van der Waals surface area contributed by atoms with Gasteiger partial charge in [-0.25, -0.2) is 4.79 Å². The molecular formula is C24H29N3O3. The first kappa shape index (κ1) is 20.3. The average molecular weight is 408 g/mol. The molecule has 2 aliphatic rings. The monoisotopic (exact) mass is 407 g/mol. The van der Waals surface area contributed by atoms with Crippen LogP contribution in [0.5, 0.6) is 5.75 Å². The predicted octanol–water partition coefficient (Wildman–Crippen LogP) is 3.12. The molecule has 2 saturated heterocycles. The zero-order valence-electron chi connectivity index (χ0n) is 17.2. The molecule has 158 valence electrons. The average Bonchev–Trinajstić information content (AvgIpc) is 3.12. The third-order valence-electron chi connectivity index (χ3n) is 5.98. The zero-order valence-corrected chi connectivity index (χ0v) is 17.2. The smallest absolute Gasteiger partial charge is 0.317 e. The number of piperidine rings is 1. The number of urea groups is 1. The SMILES string of the molecule is O=C1CC2(CCCN(C(=O)NCCc3cccc(OCc4ccccc4)c3)C2)CN1. The van der Waals surface area contributed by atoms with Crippen molar-refractivity contribution >= 4 is 11.9 Å². The van der Waals surface area contributed by atoms with E-state index in [1.165, 1.54) is 0 Å². The largest absolute Gasteiger partial charge is 0.489 e. The van der Waals surface area contributed by atoms with E-state index in [1.807, 2.05) is 59.5 Å². The number of amides is 3. The summed E-state index contributed by atoms with van der Waals surface area (Å²) in [6.07, 6.45) is 3.23. The predicted molar refractivity (Wildman–Crippen MR) is 115 cm³/mol. The molecule has 4 rings (SSSR count). The molecule has 30 heavy (non-hydrogen) atoms. The van der Waals surface area contributed by atoms with E-state index in [0.717, 1.165) is 42.7 Å². The summed E-state index contributed by atoms with van der Waals surface area (Å²) in [5, 5.41) is 5.96. The summed E-state index contributed by atoms with van der Waals surface area (Å²) >= 11 is 0. The van der Waals surface area contributed by atoms with E-state index in [4.69, 9.17) is 4.74 Å². The lowest BCUT2D eigenvalue weighted by Gasteiger charge is -2.39. The number of nitrogens with one attached hydrogen (secondary N) is 2. The van der Waals surface area contributed by atoms with E-state index < -0.39 is 0 Å². The first-order chi connectivity index (χ1) is 14.6. The molecule has 1 unspecified atom stereocenters. The second-order valence-electron chi connectivity index (χ2n) is 8.38. The molecule has 2 fully saturated rings. The van der Waals surface area contributed by atoms with Crippen molar-refractivity contribution < 1.29 is 14.3 Å². The maximum atomic E-state index is 12.6. The minimum atomic E-state index is -0.0723. The van der Waals surface area contributed by atoms with E-state index in [-0.39, 0.29) is 17.4 Å². The van der Waals surface area contributed by atoms with Crippen LogP contribution in [0.25, 0.3) is 0 Å². The summed E-state index contributed by atoms with van der Waals surface area (Å²) in [4.78, 5) is 26.1. The van der Waals surface area contributed by atoms with Crippen LogP contribution in [0, 0.1) is 5.41 Å². The van der Waals surface area contributed by atoms with Crippen LogP contribution in [0.1, 0.15) is 30.4 Å². The molecule has 3 amide bonds. The van der Waals surface area contributed by atoms with E-state index in [2.05, 4.69) is 10.6 Å². The van der Waals surface area contributed by atoms with Crippen molar-refractivity contribution in [1.29, 1.82) is 0 Å². The Kier molecular flexibility index (Phi) is 6.21. The first-order valence-electron chi connectivity index (χ1n) is 10.7. The Labute approximate surface area is 177 Å². The topological polar surface area (TPSA) is 70.7 Å². The van der Waals surface area contributed by atoms with Crippen molar-refractivity contribution in [2.24, 2.45) is 5.41 Å². The lowest BCUT2D eigenvalue weighted by molar-refractivity contribution is -0.119. The maximum Gasteiger partial charge on any atom is 0.317 e. The Morgan fingerprint density at radius 2 is 1.97 bits per heavy atom. The normalized spacial score (nSPS) is 20.8. The Balaban J connectivity index is 1.24. The van der Waals surface area contributed by atoms with Crippen LogP contribution in [-0.4, -0.2) is 43.0 Å². The Morgan fingerprint density at radius 1 is 1.13 bits per heavy atom. The lowest BCUT2D eigenvalue weighted by Crippen LogP contribution is -2.50. The van der Waals surface area contributed by atoms with Crippen molar-refractivity contribution in [2.45, 2.75) is 32.3 Å². The molecule has 0 aromatic heterocycles. The molecule has 0 aliphatic carbocycles. The Bertz CT molecular complexity index is 886. The second-order valence-corrected chi connectivity index (χ2v) is 8.38. The third kappa shape index (κ3) is 5.12. The van der Waals surface area contributed by atoms with Crippen LogP contribution in [0.4, 0.5) is 4.79 Å². The molecule has 1 atom stereocenters. The van der Waals surface area contributed by atoms with Crippen LogP contribution in [0.15, 0.2) is 54.6 Å². The number of ether oxygens (including phenoxy) is 1. The van der Waals surface area contributed by atoms with Gasteiger partial charge in [0.25, 0.3) is 0 Å². The Hall–Kier alpha value is -3.02. The van der Waals surface area contributed by atoms with Gasteiger partial charge in [-0.1, -0.05) is 42.5 Å². The van der Waals surface area contributed by atoms with Gasteiger partial charge in [0.2, 0.25) is 5.91 Å². The number of nitrogens with zero attached hydrogens (tertiary/aromatic N) is 1. The standard InChI is InChI=1S/C24H29N3O3/c28-22-15-24(17-26-22)11-5-13-27(18-24)23(29)25-12-10-19-8-4-9-21(14-19)30-16-20-6-2-1-3-7-20/h1-4,6-9,14H,5,10-13,15-18H2,(H,25,29)(H,26,28). The van der Waals surface area contributed by atoms with Gasteiger partial charge in [0, 0.05) is 38.0 Å². The van der Waals surface area contributed by atoms with Crippen LogP contribution in [-0.2, 0) is 17.8 Å². The van der Waals surface area contributed by atoms with E-state index in [1.54, 1.807) is 0 Å². The second kappa shape index (κ2) is 9.20. The van der Waals surface area contributed by atoms with Crippen molar-refractivity contribution in [3.63, 3.8) is 0 Å². The van der Waals surface area contributed by atoms with Gasteiger partial charge in [0.1, 0.15) is 12.4 Å². The summed E-state index contributed by atoms with van der Waals surface area (Å²) < 4.78 is 5.89. The zero-order chi connectivity index (χ0) is 20.8. The molecule has 2 N–H and O–H groups in total. The van der Waals surface area contributed by atoms with Gasteiger partial charge in [-0.05, 0) is 42.5 Å². The fourth-order valence-corrected chi connectivity index (χ4v) is 4.38. The maximum absolute atomic E-state index is 12.6. The number of hydrogen-bond donors (Lipinski definition) is 2. The lowest BCUT2D eigenvalue weighted by atomic mass is 9.79. The first-order valence-corrected chi connectivity index (χ1v) is 10.7. The van der Waals surface area contributed by atoms with Crippen LogP contribution < -0.4 is 15.4 Å². The molecule has 0 saturated carbocycles. The quantitative estimate of drug-likeness (QED) is 0.773. The van der Waals surface area contributed by atoms with Gasteiger partial charge < -0.3 is 20.3 Å². The molecule has 2 heterocycles. The van der Waals surface area contributed by atoms with Gasteiger partial charge in [-0.15, -0.1) is 0 Å².